The molecule has 0 atom stereocenters. The molecule has 7 nitrogen and oxygen atoms in total. The SMILES string of the molecule is CN=C(NCCN1CCOCC1)NCc1ccnc(N2CCCCCC2)c1. The molecule has 1 aromatic heterocycles. The first-order valence-electron chi connectivity index (χ1n) is 10.3. The summed E-state index contributed by atoms with van der Waals surface area (Å²) in [4.78, 5) is 13.8. The molecule has 3 rings (SSSR count). The molecular formula is C20H34N6O. The Balaban J connectivity index is 1.44. The first kappa shape index (κ1) is 19.9. The quantitative estimate of drug-likeness (QED) is 0.581. The second-order valence-corrected chi connectivity index (χ2v) is 7.23. The van der Waals surface area contributed by atoms with E-state index in [1.807, 2.05) is 13.2 Å². The van der Waals surface area contributed by atoms with E-state index in [1.165, 1.54) is 31.2 Å². The Morgan fingerprint density at radius 1 is 1.11 bits per heavy atom. The van der Waals surface area contributed by atoms with E-state index < -0.39 is 0 Å². The maximum Gasteiger partial charge on any atom is 0.191 e. The molecule has 0 saturated carbocycles. The molecule has 150 valence electrons. The highest BCUT2D eigenvalue weighted by Crippen LogP contribution is 2.18. The molecule has 0 unspecified atom stereocenters. The minimum absolute atomic E-state index is 0.751. The van der Waals surface area contributed by atoms with Gasteiger partial charge in [-0.05, 0) is 30.5 Å². The Morgan fingerprint density at radius 3 is 2.63 bits per heavy atom. The first-order chi connectivity index (χ1) is 13.3. The molecule has 7 heteroatoms. The molecule has 0 spiro atoms. The minimum Gasteiger partial charge on any atom is -0.379 e. The van der Waals surface area contributed by atoms with Crippen molar-refractivity contribution in [2.45, 2.75) is 32.2 Å². The summed E-state index contributed by atoms with van der Waals surface area (Å²) < 4.78 is 5.39. The van der Waals surface area contributed by atoms with Gasteiger partial charge in [0.15, 0.2) is 5.96 Å². The van der Waals surface area contributed by atoms with Gasteiger partial charge in [0.25, 0.3) is 0 Å². The number of rotatable bonds is 6. The van der Waals surface area contributed by atoms with Crippen LogP contribution in [-0.2, 0) is 11.3 Å². The van der Waals surface area contributed by atoms with E-state index in [0.29, 0.717) is 0 Å². The molecule has 0 aromatic carbocycles. The second kappa shape index (κ2) is 11.1. The summed E-state index contributed by atoms with van der Waals surface area (Å²) in [5.41, 5.74) is 1.24. The predicted octanol–water partition coefficient (Wildman–Crippen LogP) is 1.46. The Bertz CT molecular complexity index is 580. The summed E-state index contributed by atoms with van der Waals surface area (Å²) >= 11 is 0. The van der Waals surface area contributed by atoms with E-state index in [9.17, 15) is 0 Å². The molecule has 0 bridgehead atoms. The zero-order chi connectivity index (χ0) is 18.7. The molecule has 1 aromatic rings. The van der Waals surface area contributed by atoms with Gasteiger partial charge in [-0.3, -0.25) is 9.89 Å². The third-order valence-corrected chi connectivity index (χ3v) is 5.25. The van der Waals surface area contributed by atoms with Gasteiger partial charge in [-0.2, -0.15) is 0 Å². The van der Waals surface area contributed by atoms with Crippen molar-refractivity contribution in [3.8, 4) is 0 Å². The lowest BCUT2D eigenvalue weighted by molar-refractivity contribution is 0.0389. The zero-order valence-electron chi connectivity index (χ0n) is 16.6. The fourth-order valence-electron chi connectivity index (χ4n) is 3.61. The number of hydrogen-bond acceptors (Lipinski definition) is 5. The van der Waals surface area contributed by atoms with Crippen molar-refractivity contribution in [2.24, 2.45) is 4.99 Å². The van der Waals surface area contributed by atoms with E-state index in [-0.39, 0.29) is 0 Å². The Kier molecular flexibility index (Phi) is 8.17. The third kappa shape index (κ3) is 6.66. The van der Waals surface area contributed by atoms with Crippen molar-refractivity contribution in [1.82, 2.24) is 20.5 Å². The number of pyridine rings is 1. The average Bonchev–Trinajstić information content (AvgIpc) is 3.01. The number of morpholine rings is 1. The highest BCUT2D eigenvalue weighted by atomic mass is 16.5. The highest BCUT2D eigenvalue weighted by molar-refractivity contribution is 5.79. The number of aromatic nitrogens is 1. The van der Waals surface area contributed by atoms with Crippen LogP contribution in [0.5, 0.6) is 0 Å². The fraction of sp³-hybridized carbons (Fsp3) is 0.700. The van der Waals surface area contributed by atoms with Gasteiger partial charge in [-0.15, -0.1) is 0 Å². The number of hydrogen-bond donors (Lipinski definition) is 2. The topological polar surface area (TPSA) is 65.0 Å². The normalized spacial score (nSPS) is 19.6. The average molecular weight is 375 g/mol. The summed E-state index contributed by atoms with van der Waals surface area (Å²) in [6.45, 7) is 8.61. The van der Waals surface area contributed by atoms with Gasteiger partial charge < -0.3 is 20.3 Å². The van der Waals surface area contributed by atoms with Gasteiger partial charge in [-0.1, -0.05) is 12.8 Å². The van der Waals surface area contributed by atoms with Gasteiger partial charge in [-0.25, -0.2) is 4.98 Å². The maximum absolute atomic E-state index is 5.39. The van der Waals surface area contributed by atoms with Gasteiger partial charge >= 0.3 is 0 Å². The van der Waals surface area contributed by atoms with Crippen molar-refractivity contribution >= 4 is 11.8 Å². The van der Waals surface area contributed by atoms with Crippen molar-refractivity contribution in [3.63, 3.8) is 0 Å². The lowest BCUT2D eigenvalue weighted by Gasteiger charge is -2.26. The molecule has 0 radical (unpaired) electrons. The first-order valence-corrected chi connectivity index (χ1v) is 10.3. The molecule has 2 aliphatic heterocycles. The summed E-state index contributed by atoms with van der Waals surface area (Å²) in [7, 11) is 1.82. The second-order valence-electron chi connectivity index (χ2n) is 7.23. The lowest BCUT2D eigenvalue weighted by Crippen LogP contribution is -2.44. The van der Waals surface area contributed by atoms with E-state index in [0.717, 1.165) is 70.8 Å². The van der Waals surface area contributed by atoms with Crippen molar-refractivity contribution in [1.29, 1.82) is 0 Å². The number of nitrogens with one attached hydrogen (secondary N) is 2. The smallest absolute Gasteiger partial charge is 0.191 e. The van der Waals surface area contributed by atoms with Crippen LogP contribution >= 0.6 is 0 Å². The van der Waals surface area contributed by atoms with Crippen molar-refractivity contribution in [2.75, 3.05) is 64.4 Å². The van der Waals surface area contributed by atoms with Crippen molar-refractivity contribution < 1.29 is 4.74 Å². The predicted molar refractivity (Wildman–Crippen MR) is 110 cm³/mol. The lowest BCUT2D eigenvalue weighted by atomic mass is 10.2. The molecule has 2 saturated heterocycles. The van der Waals surface area contributed by atoms with Gasteiger partial charge in [0, 0.05) is 59.1 Å². The maximum atomic E-state index is 5.39. The van der Waals surface area contributed by atoms with E-state index in [4.69, 9.17) is 4.74 Å². The molecule has 0 aliphatic carbocycles. The van der Waals surface area contributed by atoms with Crippen LogP contribution in [0.2, 0.25) is 0 Å². The molecule has 3 heterocycles. The van der Waals surface area contributed by atoms with E-state index in [1.54, 1.807) is 0 Å². The standard InChI is InChI=1S/C20H34N6O/c1-21-20(23-8-11-25-12-14-27-15-13-25)24-17-18-6-7-22-19(16-18)26-9-4-2-3-5-10-26/h6-7,16H,2-5,8-15,17H2,1H3,(H2,21,23,24). The third-order valence-electron chi connectivity index (χ3n) is 5.25. The zero-order valence-corrected chi connectivity index (χ0v) is 16.6. The molecule has 27 heavy (non-hydrogen) atoms. The number of ether oxygens (including phenoxy) is 1. The highest BCUT2D eigenvalue weighted by Gasteiger charge is 2.12. The number of guanidine groups is 1. The van der Waals surface area contributed by atoms with Gasteiger partial charge in [0.05, 0.1) is 13.2 Å². The van der Waals surface area contributed by atoms with Crippen LogP contribution in [0.1, 0.15) is 31.2 Å². The van der Waals surface area contributed by atoms with Crippen LogP contribution < -0.4 is 15.5 Å². The summed E-state index contributed by atoms with van der Waals surface area (Å²) in [6, 6.07) is 4.29. The Labute approximate surface area is 163 Å². The van der Waals surface area contributed by atoms with Gasteiger partial charge in [0.1, 0.15) is 5.82 Å². The summed E-state index contributed by atoms with van der Waals surface area (Å²) in [5, 5.41) is 6.82. The van der Waals surface area contributed by atoms with E-state index >= 15 is 0 Å². The molecular weight excluding hydrogens is 340 g/mol. The molecule has 0 amide bonds. The number of aliphatic imine (C=N–C) groups is 1. The Hall–Kier alpha value is -1.86. The fourth-order valence-corrected chi connectivity index (χ4v) is 3.61. The summed E-state index contributed by atoms with van der Waals surface area (Å²) in [5.74, 6) is 1.95. The van der Waals surface area contributed by atoms with Crippen LogP contribution in [0.15, 0.2) is 23.3 Å². The van der Waals surface area contributed by atoms with Crippen LogP contribution in [0.3, 0.4) is 0 Å². The number of nitrogens with zero attached hydrogens (tertiary/aromatic N) is 4. The molecule has 2 N–H and O–H groups in total. The van der Waals surface area contributed by atoms with Crippen LogP contribution in [0, 0.1) is 0 Å². The van der Waals surface area contributed by atoms with Crippen LogP contribution in [0.4, 0.5) is 5.82 Å². The number of anilines is 1. The van der Waals surface area contributed by atoms with Gasteiger partial charge in [0.2, 0.25) is 0 Å². The monoisotopic (exact) mass is 374 g/mol. The molecule has 2 aliphatic rings. The minimum atomic E-state index is 0.751. The van der Waals surface area contributed by atoms with Crippen LogP contribution in [-0.4, -0.2) is 75.4 Å². The molecule has 2 fully saturated rings. The van der Waals surface area contributed by atoms with Crippen LogP contribution in [0.25, 0.3) is 0 Å². The summed E-state index contributed by atoms with van der Waals surface area (Å²) in [6.07, 6.45) is 7.13. The largest absolute Gasteiger partial charge is 0.379 e. The Morgan fingerprint density at radius 2 is 1.89 bits per heavy atom. The van der Waals surface area contributed by atoms with E-state index in [2.05, 4.69) is 42.5 Å². The van der Waals surface area contributed by atoms with Crippen molar-refractivity contribution in [3.05, 3.63) is 23.9 Å².